The molecule has 154 valence electrons. The van der Waals surface area contributed by atoms with E-state index >= 15 is 0 Å². The molecule has 28 heavy (non-hydrogen) atoms. The van der Waals surface area contributed by atoms with Gasteiger partial charge < -0.3 is 10.2 Å². The average Bonchev–Trinajstić information content (AvgIpc) is 2.65. The lowest BCUT2D eigenvalue weighted by Crippen LogP contribution is -2.39. The van der Waals surface area contributed by atoms with Crippen molar-refractivity contribution < 1.29 is 12.8 Å². The van der Waals surface area contributed by atoms with Crippen LogP contribution >= 0.6 is 24.0 Å². The minimum absolute atomic E-state index is 0. The molecule has 0 aliphatic carbocycles. The standard InChI is InChI=1S/C18H24FN5O2S.HI/c1-3-21-18(24(2)14-15-6-4-7-16(19)12-15)22-10-11-23-27(25,26)17-8-5-9-20-13-17;/h4-9,12-13,23H,3,10-11,14H2,1-2H3,(H,21,22);1H. The molecular formula is C18H25FIN5O2S. The molecule has 2 aromatic rings. The van der Waals surface area contributed by atoms with E-state index in [2.05, 4.69) is 20.0 Å². The maximum Gasteiger partial charge on any atom is 0.242 e. The largest absolute Gasteiger partial charge is 0.357 e. The number of hydrogen-bond acceptors (Lipinski definition) is 4. The van der Waals surface area contributed by atoms with E-state index in [9.17, 15) is 12.8 Å². The van der Waals surface area contributed by atoms with Crippen molar-refractivity contribution in [2.24, 2.45) is 4.99 Å². The van der Waals surface area contributed by atoms with Gasteiger partial charge in [-0.15, -0.1) is 24.0 Å². The fourth-order valence-corrected chi connectivity index (χ4v) is 3.37. The van der Waals surface area contributed by atoms with Crippen LogP contribution in [-0.4, -0.2) is 50.9 Å². The number of aromatic nitrogens is 1. The maximum absolute atomic E-state index is 13.3. The van der Waals surface area contributed by atoms with Crippen LogP contribution in [0.3, 0.4) is 0 Å². The molecule has 1 heterocycles. The van der Waals surface area contributed by atoms with E-state index in [4.69, 9.17) is 0 Å². The van der Waals surface area contributed by atoms with Gasteiger partial charge in [0.1, 0.15) is 10.7 Å². The molecular weight excluding hydrogens is 496 g/mol. The third kappa shape index (κ3) is 7.68. The Morgan fingerprint density at radius 2 is 2.07 bits per heavy atom. The number of nitrogens with one attached hydrogen (secondary N) is 2. The summed E-state index contributed by atoms with van der Waals surface area (Å²) < 4.78 is 40.1. The minimum atomic E-state index is -3.60. The molecule has 0 unspecified atom stereocenters. The molecule has 0 aliphatic heterocycles. The van der Waals surface area contributed by atoms with Crippen LogP contribution in [0.25, 0.3) is 0 Å². The van der Waals surface area contributed by atoms with Crippen molar-refractivity contribution in [2.75, 3.05) is 26.7 Å². The van der Waals surface area contributed by atoms with Crippen LogP contribution in [0.4, 0.5) is 4.39 Å². The molecule has 2 rings (SSSR count). The van der Waals surface area contributed by atoms with E-state index in [1.54, 1.807) is 12.1 Å². The van der Waals surface area contributed by atoms with E-state index < -0.39 is 10.0 Å². The van der Waals surface area contributed by atoms with Crippen LogP contribution in [0, 0.1) is 5.82 Å². The van der Waals surface area contributed by atoms with Crippen molar-refractivity contribution in [1.82, 2.24) is 19.9 Å². The second kappa shape index (κ2) is 11.9. The van der Waals surface area contributed by atoms with Crippen molar-refractivity contribution >= 4 is 40.0 Å². The Balaban J connectivity index is 0.00000392. The number of hydrogen-bond donors (Lipinski definition) is 2. The molecule has 0 amide bonds. The Morgan fingerprint density at radius 1 is 1.29 bits per heavy atom. The lowest BCUT2D eigenvalue weighted by molar-refractivity contribution is 0.475. The highest BCUT2D eigenvalue weighted by atomic mass is 127. The lowest BCUT2D eigenvalue weighted by Gasteiger charge is -2.22. The fraction of sp³-hybridized carbons (Fsp3) is 0.333. The quantitative estimate of drug-likeness (QED) is 0.241. The molecule has 1 aromatic carbocycles. The number of sulfonamides is 1. The zero-order valence-electron chi connectivity index (χ0n) is 15.8. The SMILES string of the molecule is CCNC(=NCCNS(=O)(=O)c1cccnc1)N(C)Cc1cccc(F)c1.I. The number of guanidine groups is 1. The second-order valence-electron chi connectivity index (χ2n) is 5.81. The van der Waals surface area contributed by atoms with E-state index in [0.717, 1.165) is 5.56 Å². The van der Waals surface area contributed by atoms with Gasteiger partial charge in [0.25, 0.3) is 0 Å². The molecule has 0 spiro atoms. The van der Waals surface area contributed by atoms with E-state index in [0.29, 0.717) is 19.0 Å². The van der Waals surface area contributed by atoms with Gasteiger partial charge >= 0.3 is 0 Å². The summed E-state index contributed by atoms with van der Waals surface area (Å²) in [6.07, 6.45) is 2.81. The molecule has 0 radical (unpaired) electrons. The van der Waals surface area contributed by atoms with E-state index in [-0.39, 0.29) is 47.8 Å². The summed E-state index contributed by atoms with van der Waals surface area (Å²) in [6.45, 7) is 3.49. The molecule has 0 saturated heterocycles. The van der Waals surface area contributed by atoms with Gasteiger partial charge in [-0.05, 0) is 36.8 Å². The van der Waals surface area contributed by atoms with Crippen molar-refractivity contribution in [3.63, 3.8) is 0 Å². The van der Waals surface area contributed by atoms with Crippen LogP contribution in [0.15, 0.2) is 58.7 Å². The third-order valence-corrected chi connectivity index (χ3v) is 5.06. The first kappa shape index (κ1) is 24.2. The number of halogens is 2. The predicted molar refractivity (Wildman–Crippen MR) is 119 cm³/mol. The summed E-state index contributed by atoms with van der Waals surface area (Å²) >= 11 is 0. The molecule has 2 N–H and O–H groups in total. The summed E-state index contributed by atoms with van der Waals surface area (Å²) in [4.78, 5) is 10.2. The van der Waals surface area contributed by atoms with Gasteiger partial charge in [-0.2, -0.15) is 0 Å². The van der Waals surface area contributed by atoms with Crippen LogP contribution < -0.4 is 10.0 Å². The first-order valence-corrected chi connectivity index (χ1v) is 10.0. The van der Waals surface area contributed by atoms with Crippen molar-refractivity contribution in [1.29, 1.82) is 0 Å². The molecule has 10 heteroatoms. The zero-order valence-corrected chi connectivity index (χ0v) is 18.9. The summed E-state index contributed by atoms with van der Waals surface area (Å²) in [7, 11) is -1.76. The predicted octanol–water partition coefficient (Wildman–Crippen LogP) is 2.21. The lowest BCUT2D eigenvalue weighted by atomic mass is 10.2. The van der Waals surface area contributed by atoms with Crippen LogP contribution in [0.5, 0.6) is 0 Å². The second-order valence-corrected chi connectivity index (χ2v) is 7.58. The van der Waals surface area contributed by atoms with Gasteiger partial charge in [-0.25, -0.2) is 17.5 Å². The number of nitrogens with zero attached hydrogens (tertiary/aromatic N) is 3. The number of aliphatic imine (C=N–C) groups is 1. The Kier molecular flexibility index (Phi) is 10.3. The van der Waals surface area contributed by atoms with Crippen LogP contribution in [-0.2, 0) is 16.6 Å². The van der Waals surface area contributed by atoms with Gasteiger partial charge in [0, 0.05) is 39.1 Å². The fourth-order valence-electron chi connectivity index (χ4n) is 2.38. The average molecular weight is 521 g/mol. The highest BCUT2D eigenvalue weighted by molar-refractivity contribution is 14.0. The number of pyridine rings is 1. The molecule has 0 atom stereocenters. The topological polar surface area (TPSA) is 86.7 Å². The van der Waals surface area contributed by atoms with Crippen LogP contribution in [0.2, 0.25) is 0 Å². The highest BCUT2D eigenvalue weighted by Gasteiger charge is 2.13. The summed E-state index contributed by atoms with van der Waals surface area (Å²) in [5, 5.41) is 3.14. The van der Waals surface area contributed by atoms with Crippen LogP contribution in [0.1, 0.15) is 12.5 Å². The third-order valence-electron chi connectivity index (χ3n) is 3.62. The van der Waals surface area contributed by atoms with Crippen molar-refractivity contribution in [3.8, 4) is 0 Å². The number of rotatable bonds is 8. The maximum atomic E-state index is 13.3. The summed E-state index contributed by atoms with van der Waals surface area (Å²) in [5.74, 6) is 0.329. The van der Waals surface area contributed by atoms with Crippen molar-refractivity contribution in [3.05, 3.63) is 60.2 Å². The highest BCUT2D eigenvalue weighted by Crippen LogP contribution is 2.07. The molecule has 0 fully saturated rings. The van der Waals surface area contributed by atoms with E-state index in [1.807, 2.05) is 24.9 Å². The normalized spacial score (nSPS) is 11.6. The Bertz CT molecular complexity index is 865. The van der Waals surface area contributed by atoms with Crippen molar-refractivity contribution in [2.45, 2.75) is 18.4 Å². The summed E-state index contributed by atoms with van der Waals surface area (Å²) in [6, 6.07) is 9.42. The Morgan fingerprint density at radius 3 is 2.71 bits per heavy atom. The molecule has 0 saturated carbocycles. The monoisotopic (exact) mass is 521 g/mol. The summed E-state index contributed by atoms with van der Waals surface area (Å²) in [5.41, 5.74) is 0.820. The van der Waals surface area contributed by atoms with Gasteiger partial charge in [-0.1, -0.05) is 12.1 Å². The van der Waals surface area contributed by atoms with Gasteiger partial charge in [-0.3, -0.25) is 9.98 Å². The first-order valence-electron chi connectivity index (χ1n) is 8.56. The zero-order chi connectivity index (χ0) is 19.7. The molecule has 7 nitrogen and oxygen atoms in total. The Labute approximate surface area is 182 Å². The van der Waals surface area contributed by atoms with Gasteiger partial charge in [0.15, 0.2) is 5.96 Å². The van der Waals surface area contributed by atoms with Gasteiger partial charge in [0.05, 0.1) is 6.54 Å². The van der Waals surface area contributed by atoms with Gasteiger partial charge in [0.2, 0.25) is 10.0 Å². The first-order chi connectivity index (χ1) is 12.9. The molecule has 0 bridgehead atoms. The number of benzene rings is 1. The smallest absolute Gasteiger partial charge is 0.242 e. The Hall–Kier alpha value is -1.79. The molecule has 1 aromatic heterocycles. The van der Waals surface area contributed by atoms with E-state index in [1.165, 1.54) is 30.6 Å². The molecule has 0 aliphatic rings. The minimum Gasteiger partial charge on any atom is -0.357 e.